The molecule has 1 heterocycles. The lowest BCUT2D eigenvalue weighted by atomic mass is 10.0. The maximum atomic E-state index is 12.8. The average Bonchev–Trinajstić information content (AvgIpc) is 2.63. The van der Waals surface area contributed by atoms with Crippen LogP contribution in [0, 0.1) is 0 Å². The number of aliphatic imine (C=N–C) groups is 1. The zero-order chi connectivity index (χ0) is 19.2. The van der Waals surface area contributed by atoms with Crippen LogP contribution in [0.4, 0.5) is 13.2 Å². The number of hydrogen-bond acceptors (Lipinski definition) is 3. The Morgan fingerprint density at radius 3 is 2.22 bits per heavy atom. The largest absolute Gasteiger partial charge is 0.416 e. The molecule has 0 aromatic heterocycles. The fraction of sp³-hybridized carbons (Fsp3) is 0.611. The third-order valence-corrected chi connectivity index (χ3v) is 4.62. The summed E-state index contributed by atoms with van der Waals surface area (Å²) in [5.41, 5.74) is 6.22. The third kappa shape index (κ3) is 6.79. The fourth-order valence-corrected chi connectivity index (χ4v) is 3.04. The molecule has 2 rings (SSSR count). The number of alkyl halides is 3. The first kappa shape index (κ1) is 24.0. The second kappa shape index (κ2) is 11.1. The molecule has 1 aliphatic rings. The van der Waals surface area contributed by atoms with Crippen LogP contribution in [0.25, 0.3) is 0 Å². The summed E-state index contributed by atoms with van der Waals surface area (Å²) >= 11 is 0. The summed E-state index contributed by atoms with van der Waals surface area (Å²) in [6, 6.07) is 5.19. The Morgan fingerprint density at radius 1 is 1.19 bits per heavy atom. The minimum Gasteiger partial charge on any atom is -0.379 e. The van der Waals surface area contributed by atoms with E-state index in [1.165, 1.54) is 12.1 Å². The van der Waals surface area contributed by atoms with E-state index in [0.717, 1.165) is 30.8 Å². The first-order valence-corrected chi connectivity index (χ1v) is 8.90. The third-order valence-electron chi connectivity index (χ3n) is 4.62. The van der Waals surface area contributed by atoms with Crippen LogP contribution in [0.15, 0.2) is 29.3 Å². The predicted molar refractivity (Wildman–Crippen MR) is 111 cm³/mol. The maximum absolute atomic E-state index is 12.8. The highest BCUT2D eigenvalue weighted by atomic mass is 127. The summed E-state index contributed by atoms with van der Waals surface area (Å²) in [6.07, 6.45) is -4.33. The molecule has 0 amide bonds. The highest BCUT2D eigenvalue weighted by molar-refractivity contribution is 14.0. The highest BCUT2D eigenvalue weighted by Crippen LogP contribution is 2.31. The van der Waals surface area contributed by atoms with Gasteiger partial charge in [0.15, 0.2) is 5.96 Å². The second-order valence-electron chi connectivity index (χ2n) is 6.16. The molecular formula is C18H28F3IN4O. The van der Waals surface area contributed by atoms with E-state index in [1.54, 1.807) is 0 Å². The van der Waals surface area contributed by atoms with Crippen LogP contribution in [-0.2, 0) is 10.9 Å². The van der Waals surface area contributed by atoms with Crippen molar-refractivity contribution in [1.82, 2.24) is 9.80 Å². The first-order valence-electron chi connectivity index (χ1n) is 8.90. The van der Waals surface area contributed by atoms with Crippen LogP contribution in [0.5, 0.6) is 0 Å². The molecule has 9 heteroatoms. The lowest BCUT2D eigenvalue weighted by Gasteiger charge is -2.34. The Morgan fingerprint density at radius 2 is 1.74 bits per heavy atom. The molecule has 0 radical (unpaired) electrons. The SMILES string of the molecule is CCN(CC)C(N)=NCC(c1ccc(C(F)(F)F)cc1)N1CCOCC1.I. The molecule has 1 saturated heterocycles. The molecule has 5 nitrogen and oxygen atoms in total. The Bertz CT molecular complexity index is 585. The van der Waals surface area contributed by atoms with Gasteiger partial charge >= 0.3 is 6.18 Å². The second-order valence-corrected chi connectivity index (χ2v) is 6.16. The van der Waals surface area contributed by atoms with Crippen LogP contribution in [0.2, 0.25) is 0 Å². The summed E-state index contributed by atoms with van der Waals surface area (Å²) in [5.74, 6) is 0.458. The quantitative estimate of drug-likeness (QED) is 0.370. The number of hydrogen-bond donors (Lipinski definition) is 1. The molecule has 1 aromatic rings. The maximum Gasteiger partial charge on any atom is 0.416 e. The molecule has 2 N–H and O–H groups in total. The van der Waals surface area contributed by atoms with Gasteiger partial charge in [-0.2, -0.15) is 13.2 Å². The number of guanidine groups is 1. The average molecular weight is 500 g/mol. The summed E-state index contributed by atoms with van der Waals surface area (Å²) in [6.45, 7) is 8.55. The van der Waals surface area contributed by atoms with Crippen LogP contribution in [-0.4, -0.2) is 61.7 Å². The van der Waals surface area contributed by atoms with E-state index >= 15 is 0 Å². The molecule has 1 fully saturated rings. The van der Waals surface area contributed by atoms with Gasteiger partial charge in [0, 0.05) is 26.2 Å². The van der Waals surface area contributed by atoms with Gasteiger partial charge in [-0.05, 0) is 31.5 Å². The summed E-state index contributed by atoms with van der Waals surface area (Å²) < 4.78 is 43.9. The highest BCUT2D eigenvalue weighted by Gasteiger charge is 2.31. The van der Waals surface area contributed by atoms with Crippen molar-refractivity contribution in [3.63, 3.8) is 0 Å². The Balaban J connectivity index is 0.00000364. The minimum atomic E-state index is -4.33. The smallest absolute Gasteiger partial charge is 0.379 e. The van der Waals surface area contributed by atoms with Crippen LogP contribution >= 0.6 is 24.0 Å². The number of ether oxygens (including phenoxy) is 1. The van der Waals surface area contributed by atoms with E-state index in [9.17, 15) is 13.2 Å². The van der Waals surface area contributed by atoms with Crippen molar-refractivity contribution in [3.05, 3.63) is 35.4 Å². The number of rotatable bonds is 6. The van der Waals surface area contributed by atoms with Gasteiger partial charge in [0.25, 0.3) is 0 Å². The number of benzene rings is 1. The topological polar surface area (TPSA) is 54.1 Å². The van der Waals surface area contributed by atoms with Crippen LogP contribution < -0.4 is 5.73 Å². The molecule has 0 spiro atoms. The minimum absolute atomic E-state index is 0. The standard InChI is InChI=1S/C18H27F3N4O.HI/c1-3-24(4-2)17(22)23-13-16(25-9-11-26-12-10-25)14-5-7-15(8-6-14)18(19,20)21;/h5-8,16H,3-4,9-13H2,1-2H3,(H2,22,23);1H. The molecule has 0 aliphatic carbocycles. The van der Waals surface area contributed by atoms with Crippen molar-refractivity contribution < 1.29 is 17.9 Å². The van der Waals surface area contributed by atoms with Crippen LogP contribution in [0.1, 0.15) is 31.0 Å². The van der Waals surface area contributed by atoms with Crippen molar-refractivity contribution >= 4 is 29.9 Å². The Labute approximate surface area is 175 Å². The van der Waals surface area contributed by atoms with E-state index < -0.39 is 11.7 Å². The number of halogens is 4. The van der Waals surface area contributed by atoms with E-state index in [1.807, 2.05) is 18.7 Å². The van der Waals surface area contributed by atoms with Crippen molar-refractivity contribution in [2.24, 2.45) is 10.7 Å². The number of morpholine rings is 1. The first-order chi connectivity index (χ1) is 12.4. The van der Waals surface area contributed by atoms with E-state index in [-0.39, 0.29) is 30.0 Å². The molecule has 0 bridgehead atoms. The van der Waals surface area contributed by atoms with Gasteiger partial charge in [-0.15, -0.1) is 24.0 Å². The number of nitrogens with two attached hydrogens (primary N) is 1. The summed E-state index contributed by atoms with van der Waals surface area (Å²) in [4.78, 5) is 8.64. The molecule has 1 aromatic carbocycles. The molecule has 1 unspecified atom stereocenters. The zero-order valence-corrected chi connectivity index (χ0v) is 18.0. The predicted octanol–water partition coefficient (Wildman–Crippen LogP) is 3.35. The lowest BCUT2D eigenvalue weighted by molar-refractivity contribution is -0.137. The number of nitrogens with zero attached hydrogens (tertiary/aromatic N) is 3. The molecular weight excluding hydrogens is 472 g/mol. The van der Waals surface area contributed by atoms with Crippen molar-refractivity contribution in [2.45, 2.75) is 26.1 Å². The van der Waals surface area contributed by atoms with Gasteiger partial charge in [-0.25, -0.2) is 0 Å². The van der Waals surface area contributed by atoms with Gasteiger partial charge < -0.3 is 15.4 Å². The van der Waals surface area contributed by atoms with Crippen molar-refractivity contribution in [2.75, 3.05) is 45.9 Å². The van der Waals surface area contributed by atoms with Gasteiger partial charge in [0.1, 0.15) is 0 Å². The summed E-state index contributed by atoms with van der Waals surface area (Å²) in [5, 5.41) is 0. The van der Waals surface area contributed by atoms with E-state index in [0.29, 0.717) is 38.8 Å². The van der Waals surface area contributed by atoms with Crippen molar-refractivity contribution in [3.8, 4) is 0 Å². The molecule has 154 valence electrons. The summed E-state index contributed by atoms with van der Waals surface area (Å²) in [7, 11) is 0. The fourth-order valence-electron chi connectivity index (χ4n) is 3.04. The molecule has 1 atom stereocenters. The van der Waals surface area contributed by atoms with Gasteiger partial charge in [-0.1, -0.05) is 12.1 Å². The van der Waals surface area contributed by atoms with Gasteiger partial charge in [-0.3, -0.25) is 9.89 Å². The molecule has 0 saturated carbocycles. The molecule has 27 heavy (non-hydrogen) atoms. The van der Waals surface area contributed by atoms with E-state index in [4.69, 9.17) is 10.5 Å². The van der Waals surface area contributed by atoms with E-state index in [2.05, 4.69) is 9.89 Å². The Kier molecular flexibility index (Phi) is 9.82. The van der Waals surface area contributed by atoms with Gasteiger partial charge in [0.2, 0.25) is 0 Å². The normalized spacial score (nSPS) is 17.3. The lowest BCUT2D eigenvalue weighted by Crippen LogP contribution is -2.41. The monoisotopic (exact) mass is 500 g/mol. The Hall–Kier alpha value is -1.07. The molecule has 1 aliphatic heterocycles. The van der Waals surface area contributed by atoms with Gasteiger partial charge in [0.05, 0.1) is 31.4 Å². The van der Waals surface area contributed by atoms with Crippen LogP contribution in [0.3, 0.4) is 0 Å². The van der Waals surface area contributed by atoms with Crippen molar-refractivity contribution in [1.29, 1.82) is 0 Å². The zero-order valence-electron chi connectivity index (χ0n) is 15.7.